The summed E-state index contributed by atoms with van der Waals surface area (Å²) in [4.78, 5) is 4.62. The van der Waals surface area contributed by atoms with Gasteiger partial charge in [0.05, 0.1) is 17.6 Å². The predicted octanol–water partition coefficient (Wildman–Crippen LogP) is 2.99. The van der Waals surface area contributed by atoms with Gasteiger partial charge in [-0.25, -0.2) is 4.98 Å². The van der Waals surface area contributed by atoms with Gasteiger partial charge in [0.15, 0.2) is 0 Å². The van der Waals surface area contributed by atoms with Gasteiger partial charge in [0.2, 0.25) is 5.95 Å². The number of imidazole rings is 1. The van der Waals surface area contributed by atoms with Gasteiger partial charge in [0.25, 0.3) is 0 Å². The van der Waals surface area contributed by atoms with Crippen LogP contribution in [0.15, 0.2) is 48.5 Å². The average Bonchev–Trinajstić information content (AvgIpc) is 3.07. The van der Waals surface area contributed by atoms with Crippen LogP contribution in [0.1, 0.15) is 5.56 Å². The summed E-state index contributed by atoms with van der Waals surface area (Å²) in [6.45, 7) is 0.756. The molecule has 2 aromatic carbocycles. The van der Waals surface area contributed by atoms with Gasteiger partial charge in [-0.1, -0.05) is 30.3 Å². The van der Waals surface area contributed by atoms with E-state index in [0.717, 1.165) is 35.7 Å². The molecule has 21 heavy (non-hydrogen) atoms. The molecule has 0 saturated carbocycles. The number of fused-ring (bicyclic) bond motifs is 2. The molecule has 0 spiro atoms. The highest BCUT2D eigenvalue weighted by atomic mass is 16.5. The predicted molar refractivity (Wildman–Crippen MR) is 83.8 cm³/mol. The minimum absolute atomic E-state index is 0.169. The third kappa shape index (κ3) is 2.13. The lowest BCUT2D eigenvalue weighted by Gasteiger charge is -2.12. The molecule has 2 heterocycles. The maximum absolute atomic E-state index is 5.94. The summed E-state index contributed by atoms with van der Waals surface area (Å²) in [5.41, 5.74) is 3.43. The van der Waals surface area contributed by atoms with Crippen molar-refractivity contribution in [2.45, 2.75) is 12.5 Å². The van der Waals surface area contributed by atoms with E-state index in [0.29, 0.717) is 0 Å². The highest BCUT2D eigenvalue weighted by Gasteiger charge is 2.22. The molecule has 1 aliphatic heterocycles. The first-order chi connectivity index (χ1) is 10.3. The number of nitrogens with zero attached hydrogens (tertiary/aromatic N) is 2. The van der Waals surface area contributed by atoms with E-state index in [1.807, 2.05) is 37.4 Å². The van der Waals surface area contributed by atoms with Crippen molar-refractivity contribution >= 4 is 17.0 Å². The van der Waals surface area contributed by atoms with Gasteiger partial charge in [-0.2, -0.15) is 0 Å². The number of aryl methyl sites for hydroxylation is 1. The molecule has 0 fully saturated rings. The Labute approximate surface area is 123 Å². The molecule has 1 aromatic heterocycles. The summed E-state index contributed by atoms with van der Waals surface area (Å²) in [5, 5.41) is 3.41. The third-order valence-electron chi connectivity index (χ3n) is 3.99. The zero-order chi connectivity index (χ0) is 14.2. The molecule has 1 atom stereocenters. The van der Waals surface area contributed by atoms with E-state index in [4.69, 9.17) is 4.74 Å². The van der Waals surface area contributed by atoms with Crippen LogP contribution >= 0.6 is 0 Å². The second-order valence-corrected chi connectivity index (χ2v) is 5.42. The van der Waals surface area contributed by atoms with Crippen LogP contribution in [-0.2, 0) is 13.5 Å². The van der Waals surface area contributed by atoms with Gasteiger partial charge in [-0.3, -0.25) is 0 Å². The molecule has 0 bridgehead atoms. The van der Waals surface area contributed by atoms with Crippen LogP contribution in [0.25, 0.3) is 11.0 Å². The Balaban J connectivity index is 1.49. The van der Waals surface area contributed by atoms with E-state index in [1.54, 1.807) is 0 Å². The fourth-order valence-electron chi connectivity index (χ4n) is 2.88. The molecular weight excluding hydrogens is 262 g/mol. The molecule has 0 radical (unpaired) electrons. The van der Waals surface area contributed by atoms with Crippen molar-refractivity contribution in [2.75, 3.05) is 11.9 Å². The maximum atomic E-state index is 5.94. The summed E-state index contributed by atoms with van der Waals surface area (Å²) in [6, 6.07) is 16.4. The van der Waals surface area contributed by atoms with Gasteiger partial charge in [0.1, 0.15) is 11.9 Å². The van der Waals surface area contributed by atoms with E-state index in [1.165, 1.54) is 5.56 Å². The Kier molecular flexibility index (Phi) is 2.81. The fraction of sp³-hybridized carbons (Fsp3) is 0.235. The van der Waals surface area contributed by atoms with Gasteiger partial charge in [-0.15, -0.1) is 0 Å². The van der Waals surface area contributed by atoms with E-state index >= 15 is 0 Å². The first-order valence-electron chi connectivity index (χ1n) is 7.21. The Morgan fingerprint density at radius 2 is 2.00 bits per heavy atom. The van der Waals surface area contributed by atoms with Crippen LogP contribution in [0.3, 0.4) is 0 Å². The van der Waals surface area contributed by atoms with Crippen molar-refractivity contribution in [1.82, 2.24) is 9.55 Å². The number of hydrogen-bond donors (Lipinski definition) is 1. The smallest absolute Gasteiger partial charge is 0.203 e. The number of nitrogens with one attached hydrogen (secondary N) is 1. The number of aromatic nitrogens is 2. The number of para-hydroxylation sites is 3. The topological polar surface area (TPSA) is 39.1 Å². The van der Waals surface area contributed by atoms with Gasteiger partial charge in [0, 0.05) is 13.5 Å². The molecule has 3 aromatic rings. The first kappa shape index (κ1) is 12.3. The Morgan fingerprint density at radius 3 is 2.86 bits per heavy atom. The lowest BCUT2D eigenvalue weighted by molar-refractivity contribution is 0.246. The maximum Gasteiger partial charge on any atom is 0.203 e. The number of benzene rings is 2. The van der Waals surface area contributed by atoms with Gasteiger partial charge < -0.3 is 14.6 Å². The first-order valence-corrected chi connectivity index (χ1v) is 7.21. The molecule has 4 rings (SSSR count). The van der Waals surface area contributed by atoms with E-state index < -0.39 is 0 Å². The van der Waals surface area contributed by atoms with Crippen LogP contribution in [0.2, 0.25) is 0 Å². The zero-order valence-electron chi connectivity index (χ0n) is 11.9. The molecule has 0 aliphatic carbocycles. The van der Waals surface area contributed by atoms with Crippen molar-refractivity contribution < 1.29 is 4.74 Å². The Hall–Kier alpha value is -2.49. The highest BCUT2D eigenvalue weighted by molar-refractivity contribution is 5.78. The summed E-state index contributed by atoms with van der Waals surface area (Å²) < 4.78 is 8.02. The largest absolute Gasteiger partial charge is 0.488 e. The second kappa shape index (κ2) is 4.81. The normalized spacial score (nSPS) is 16.7. The number of anilines is 1. The quantitative estimate of drug-likeness (QED) is 0.801. The van der Waals surface area contributed by atoms with Crippen LogP contribution in [-0.4, -0.2) is 22.2 Å². The van der Waals surface area contributed by atoms with E-state index in [9.17, 15) is 0 Å². The lowest BCUT2D eigenvalue weighted by atomic mass is 10.1. The summed E-state index contributed by atoms with van der Waals surface area (Å²) in [7, 11) is 2.03. The molecule has 0 amide bonds. The number of ether oxygens (including phenoxy) is 1. The fourth-order valence-corrected chi connectivity index (χ4v) is 2.88. The third-order valence-corrected chi connectivity index (χ3v) is 3.99. The highest BCUT2D eigenvalue weighted by Crippen LogP contribution is 2.28. The molecule has 1 aliphatic rings. The van der Waals surface area contributed by atoms with Crippen molar-refractivity contribution in [2.24, 2.45) is 7.05 Å². The number of hydrogen-bond acceptors (Lipinski definition) is 3. The van der Waals surface area contributed by atoms with E-state index in [2.05, 4.69) is 33.1 Å². The van der Waals surface area contributed by atoms with Gasteiger partial charge >= 0.3 is 0 Å². The molecule has 4 heteroatoms. The molecule has 106 valence electrons. The Morgan fingerprint density at radius 1 is 1.19 bits per heavy atom. The average molecular weight is 279 g/mol. The molecule has 1 unspecified atom stereocenters. The van der Waals surface area contributed by atoms with Crippen molar-refractivity contribution in [3.63, 3.8) is 0 Å². The minimum atomic E-state index is 0.169. The van der Waals surface area contributed by atoms with E-state index in [-0.39, 0.29) is 6.10 Å². The summed E-state index contributed by atoms with van der Waals surface area (Å²) >= 11 is 0. The Bertz CT molecular complexity index is 769. The minimum Gasteiger partial charge on any atom is -0.488 e. The van der Waals surface area contributed by atoms with Crippen molar-refractivity contribution in [3.05, 3.63) is 54.1 Å². The molecule has 0 saturated heterocycles. The molecule has 1 N–H and O–H groups in total. The van der Waals surface area contributed by atoms with Crippen LogP contribution < -0.4 is 10.1 Å². The number of rotatable bonds is 3. The van der Waals surface area contributed by atoms with Crippen LogP contribution in [0.5, 0.6) is 5.75 Å². The van der Waals surface area contributed by atoms with Crippen molar-refractivity contribution in [3.8, 4) is 5.75 Å². The molecular formula is C17H17N3O. The summed E-state index contributed by atoms with van der Waals surface area (Å²) in [5.74, 6) is 1.89. The lowest BCUT2D eigenvalue weighted by Crippen LogP contribution is -2.25. The van der Waals surface area contributed by atoms with Gasteiger partial charge in [-0.05, 0) is 23.8 Å². The van der Waals surface area contributed by atoms with Crippen LogP contribution in [0, 0.1) is 0 Å². The van der Waals surface area contributed by atoms with Crippen molar-refractivity contribution in [1.29, 1.82) is 0 Å². The monoisotopic (exact) mass is 279 g/mol. The zero-order valence-corrected chi connectivity index (χ0v) is 11.9. The summed E-state index contributed by atoms with van der Waals surface area (Å²) in [6.07, 6.45) is 1.12. The van der Waals surface area contributed by atoms with Crippen LogP contribution in [0.4, 0.5) is 5.95 Å². The standard InChI is InChI=1S/C17H17N3O/c1-20-15-8-4-3-7-14(15)19-17(20)18-11-13-10-12-6-2-5-9-16(12)21-13/h2-9,13H,10-11H2,1H3,(H,18,19). The second-order valence-electron chi connectivity index (χ2n) is 5.42. The SMILES string of the molecule is Cn1c(NCC2Cc3ccccc3O2)nc2ccccc21. The molecule has 4 nitrogen and oxygen atoms in total.